The molecule has 0 bridgehead atoms. The summed E-state index contributed by atoms with van der Waals surface area (Å²) in [6, 6.07) is 9.41. The minimum atomic E-state index is -0.215. The van der Waals surface area contributed by atoms with Crippen molar-refractivity contribution >= 4 is 5.91 Å². The highest BCUT2D eigenvalue weighted by Gasteiger charge is 2.25. The first-order valence-corrected chi connectivity index (χ1v) is 11.5. The number of nitrogens with one attached hydrogen (secondary N) is 1. The summed E-state index contributed by atoms with van der Waals surface area (Å²) in [6.07, 6.45) is 6.73. The third-order valence-corrected chi connectivity index (χ3v) is 6.11. The van der Waals surface area contributed by atoms with E-state index in [-0.39, 0.29) is 11.5 Å². The molecule has 9 heteroatoms. The molecule has 3 heterocycles. The van der Waals surface area contributed by atoms with Crippen LogP contribution in [0.3, 0.4) is 0 Å². The Morgan fingerprint density at radius 2 is 2.03 bits per heavy atom. The van der Waals surface area contributed by atoms with Crippen molar-refractivity contribution in [2.75, 3.05) is 33.9 Å². The lowest BCUT2D eigenvalue weighted by Crippen LogP contribution is -2.32. The lowest BCUT2D eigenvalue weighted by atomic mass is 10.1. The summed E-state index contributed by atoms with van der Waals surface area (Å²) < 4.78 is 14.5. The van der Waals surface area contributed by atoms with E-state index < -0.39 is 0 Å². The number of pyridine rings is 1. The Labute approximate surface area is 198 Å². The smallest absolute Gasteiger partial charge is 0.256 e. The highest BCUT2D eigenvalue weighted by atomic mass is 16.5. The SMILES string of the molecule is COc1cccc(CN2CCc3c(C(=O)NCCCn4ccnc4)c(OC)cc(=O)n3CC2)c1. The minimum absolute atomic E-state index is 0.147. The molecule has 34 heavy (non-hydrogen) atoms. The summed E-state index contributed by atoms with van der Waals surface area (Å²) in [6.45, 7) is 3.98. The number of aryl methyl sites for hydroxylation is 1. The standard InChI is InChI=1S/C25H31N5O4/c1-33-20-6-3-5-19(15-20)17-28-11-7-21-24(22(34-2)16-23(31)30(21)14-13-28)25(32)27-8-4-10-29-12-9-26-18-29/h3,5-6,9,12,15-16,18H,4,7-8,10-11,13-14,17H2,1-2H3,(H,27,32). The molecular weight excluding hydrogens is 434 g/mol. The second-order valence-corrected chi connectivity index (χ2v) is 8.31. The third kappa shape index (κ3) is 5.48. The van der Waals surface area contributed by atoms with Gasteiger partial charge in [0.2, 0.25) is 0 Å². The first kappa shape index (κ1) is 23.6. The molecule has 180 valence electrons. The molecule has 0 atom stereocenters. The summed E-state index contributed by atoms with van der Waals surface area (Å²) in [4.78, 5) is 32.3. The van der Waals surface area contributed by atoms with E-state index in [0.717, 1.165) is 43.1 Å². The van der Waals surface area contributed by atoms with Crippen LogP contribution in [0.5, 0.6) is 11.5 Å². The maximum absolute atomic E-state index is 13.2. The average molecular weight is 466 g/mol. The number of carbonyl (C=O) groups excluding carboxylic acids is 1. The maximum Gasteiger partial charge on any atom is 0.256 e. The molecule has 0 fully saturated rings. The van der Waals surface area contributed by atoms with Crippen LogP contribution in [0.4, 0.5) is 0 Å². The molecule has 2 aromatic heterocycles. The fourth-order valence-electron chi connectivity index (χ4n) is 4.36. The zero-order valence-corrected chi connectivity index (χ0v) is 19.7. The quantitative estimate of drug-likeness (QED) is 0.486. The van der Waals surface area contributed by atoms with E-state index in [1.807, 2.05) is 29.0 Å². The number of ether oxygens (including phenoxy) is 2. The molecule has 1 aromatic carbocycles. The number of hydrogen-bond acceptors (Lipinski definition) is 6. The van der Waals surface area contributed by atoms with E-state index in [0.29, 0.717) is 37.4 Å². The second-order valence-electron chi connectivity index (χ2n) is 8.31. The Bertz CT molecular complexity index is 1170. The molecule has 1 N–H and O–H groups in total. The van der Waals surface area contributed by atoms with Gasteiger partial charge < -0.3 is 23.9 Å². The molecule has 3 aromatic rings. The summed E-state index contributed by atoms with van der Waals surface area (Å²) in [5.74, 6) is 0.931. The number of nitrogens with zero attached hydrogens (tertiary/aromatic N) is 4. The number of benzene rings is 1. The molecular formula is C25H31N5O4. The summed E-state index contributed by atoms with van der Waals surface area (Å²) >= 11 is 0. The second kappa shape index (κ2) is 11.0. The number of aromatic nitrogens is 3. The molecule has 0 unspecified atom stereocenters. The van der Waals surface area contributed by atoms with Gasteiger partial charge in [0.1, 0.15) is 17.1 Å². The molecule has 0 spiro atoms. The normalized spacial score (nSPS) is 13.7. The van der Waals surface area contributed by atoms with Crippen molar-refractivity contribution in [2.45, 2.75) is 32.5 Å². The van der Waals surface area contributed by atoms with E-state index in [9.17, 15) is 9.59 Å². The van der Waals surface area contributed by atoms with Crippen molar-refractivity contribution in [1.82, 2.24) is 24.3 Å². The van der Waals surface area contributed by atoms with E-state index in [1.54, 1.807) is 24.2 Å². The Hall–Kier alpha value is -3.59. The maximum atomic E-state index is 13.2. The molecule has 9 nitrogen and oxygen atoms in total. The molecule has 0 saturated heterocycles. The van der Waals surface area contributed by atoms with Gasteiger partial charge in [-0.05, 0) is 24.1 Å². The first-order valence-electron chi connectivity index (χ1n) is 11.5. The van der Waals surface area contributed by atoms with Crippen LogP contribution in [0.15, 0.2) is 53.8 Å². The van der Waals surface area contributed by atoms with Crippen LogP contribution in [-0.4, -0.2) is 58.8 Å². The van der Waals surface area contributed by atoms with Gasteiger partial charge in [-0.25, -0.2) is 4.98 Å². The van der Waals surface area contributed by atoms with Crippen LogP contribution in [-0.2, 0) is 26.1 Å². The molecule has 1 aliphatic heterocycles. The minimum Gasteiger partial charge on any atom is -0.497 e. The number of fused-ring (bicyclic) bond motifs is 1. The van der Waals surface area contributed by atoms with Gasteiger partial charge in [0.05, 0.1) is 20.5 Å². The van der Waals surface area contributed by atoms with Gasteiger partial charge in [0, 0.05) is 69.8 Å². The van der Waals surface area contributed by atoms with Crippen LogP contribution in [0.2, 0.25) is 0 Å². The van der Waals surface area contributed by atoms with Crippen LogP contribution in [0.25, 0.3) is 0 Å². The third-order valence-electron chi connectivity index (χ3n) is 6.11. The van der Waals surface area contributed by atoms with Crippen molar-refractivity contribution in [2.24, 2.45) is 0 Å². The van der Waals surface area contributed by atoms with Gasteiger partial charge in [-0.3, -0.25) is 14.5 Å². The predicted octanol–water partition coefficient (Wildman–Crippen LogP) is 1.94. The number of imidazole rings is 1. The van der Waals surface area contributed by atoms with Crippen molar-refractivity contribution in [3.63, 3.8) is 0 Å². The van der Waals surface area contributed by atoms with Gasteiger partial charge in [0.15, 0.2) is 0 Å². The van der Waals surface area contributed by atoms with Crippen molar-refractivity contribution in [3.8, 4) is 11.5 Å². The number of amides is 1. The first-order chi connectivity index (χ1) is 16.6. The highest BCUT2D eigenvalue weighted by Crippen LogP contribution is 2.23. The van der Waals surface area contributed by atoms with Crippen molar-refractivity contribution < 1.29 is 14.3 Å². The molecule has 0 saturated carbocycles. The Morgan fingerprint density at radius 1 is 1.15 bits per heavy atom. The fourth-order valence-corrected chi connectivity index (χ4v) is 4.36. The van der Waals surface area contributed by atoms with Gasteiger partial charge in [-0.15, -0.1) is 0 Å². The Kier molecular flexibility index (Phi) is 7.64. The number of carbonyl (C=O) groups is 1. The van der Waals surface area contributed by atoms with Crippen molar-refractivity contribution in [1.29, 1.82) is 0 Å². The Balaban J connectivity index is 1.48. The number of rotatable bonds is 9. The zero-order chi connectivity index (χ0) is 23.9. The van der Waals surface area contributed by atoms with E-state index in [4.69, 9.17) is 9.47 Å². The lowest BCUT2D eigenvalue weighted by molar-refractivity contribution is 0.0947. The van der Waals surface area contributed by atoms with Gasteiger partial charge in [-0.1, -0.05) is 12.1 Å². The molecule has 4 rings (SSSR count). The average Bonchev–Trinajstić information content (AvgIpc) is 3.28. The highest BCUT2D eigenvalue weighted by molar-refractivity contribution is 5.98. The van der Waals surface area contributed by atoms with Gasteiger partial charge >= 0.3 is 0 Å². The predicted molar refractivity (Wildman–Crippen MR) is 128 cm³/mol. The van der Waals surface area contributed by atoms with E-state index in [1.165, 1.54) is 13.2 Å². The van der Waals surface area contributed by atoms with Crippen LogP contribution >= 0.6 is 0 Å². The number of methoxy groups -OCH3 is 2. The summed E-state index contributed by atoms with van der Waals surface area (Å²) in [5.41, 5.74) is 2.18. The van der Waals surface area contributed by atoms with Gasteiger partial charge in [-0.2, -0.15) is 0 Å². The largest absolute Gasteiger partial charge is 0.497 e. The molecule has 1 amide bonds. The zero-order valence-electron chi connectivity index (χ0n) is 19.7. The summed E-state index contributed by atoms with van der Waals surface area (Å²) in [5, 5.41) is 2.99. The topological polar surface area (TPSA) is 90.6 Å². The Morgan fingerprint density at radius 3 is 2.79 bits per heavy atom. The monoisotopic (exact) mass is 465 g/mol. The van der Waals surface area contributed by atoms with Crippen LogP contribution < -0.4 is 20.3 Å². The lowest BCUT2D eigenvalue weighted by Gasteiger charge is -2.19. The van der Waals surface area contributed by atoms with Crippen LogP contribution in [0, 0.1) is 0 Å². The van der Waals surface area contributed by atoms with E-state index in [2.05, 4.69) is 21.3 Å². The molecule has 0 radical (unpaired) electrons. The van der Waals surface area contributed by atoms with Crippen LogP contribution in [0.1, 0.15) is 28.0 Å². The van der Waals surface area contributed by atoms with Gasteiger partial charge in [0.25, 0.3) is 11.5 Å². The molecule has 0 aliphatic carbocycles. The van der Waals surface area contributed by atoms with E-state index >= 15 is 0 Å². The van der Waals surface area contributed by atoms with Crippen molar-refractivity contribution in [3.05, 3.63) is 76.2 Å². The molecule has 1 aliphatic rings. The fraction of sp³-hybridized carbons (Fsp3) is 0.400. The summed E-state index contributed by atoms with van der Waals surface area (Å²) in [7, 11) is 3.15. The number of hydrogen-bond donors (Lipinski definition) is 1.